The average Bonchev–Trinajstić information content (AvgIpc) is 2.51. The largest absolute Gasteiger partial charge is 0.477 e. The lowest BCUT2D eigenvalue weighted by Crippen LogP contribution is -2.27. The van der Waals surface area contributed by atoms with E-state index in [-0.39, 0.29) is 6.42 Å². The number of unbranched alkanes of at least 4 members (excludes halogenated alkanes) is 4. The van der Waals surface area contributed by atoms with Gasteiger partial charge in [-0.15, -0.1) is 0 Å². The summed E-state index contributed by atoms with van der Waals surface area (Å²) < 4.78 is 25.4. The standard InChI is InChI=1S/C13H24F2O2.C4H8N2O2/c1-12(2,3)9-7-5-4-6-8-10-13(14,15)11(16)17;1-3(5-7)4(2)6-8/h4-10H2,1-3H3,(H,16,17);7-8H,1-2H3. The third-order valence-electron chi connectivity index (χ3n) is 3.55. The molecule has 0 atom stereocenters. The smallest absolute Gasteiger partial charge is 0.374 e. The van der Waals surface area contributed by atoms with Gasteiger partial charge >= 0.3 is 11.9 Å². The lowest BCUT2D eigenvalue weighted by atomic mass is 9.89. The second-order valence-electron chi connectivity index (χ2n) is 7.21. The fourth-order valence-corrected chi connectivity index (χ4v) is 1.78. The molecule has 0 fully saturated rings. The molecule has 0 unspecified atom stereocenters. The Morgan fingerprint density at radius 1 is 0.840 bits per heavy atom. The highest BCUT2D eigenvalue weighted by Crippen LogP contribution is 2.24. The van der Waals surface area contributed by atoms with Crippen LogP contribution in [0, 0.1) is 5.41 Å². The maximum atomic E-state index is 12.7. The van der Waals surface area contributed by atoms with Crippen molar-refractivity contribution in [3.8, 4) is 0 Å². The van der Waals surface area contributed by atoms with Crippen molar-refractivity contribution in [1.82, 2.24) is 0 Å². The Morgan fingerprint density at radius 2 is 1.20 bits per heavy atom. The van der Waals surface area contributed by atoms with E-state index in [0.29, 0.717) is 23.3 Å². The summed E-state index contributed by atoms with van der Waals surface area (Å²) in [7, 11) is 0. The van der Waals surface area contributed by atoms with Crippen molar-refractivity contribution >= 4 is 17.4 Å². The molecule has 0 radical (unpaired) electrons. The highest BCUT2D eigenvalue weighted by atomic mass is 19.3. The Bertz CT molecular complexity index is 428. The van der Waals surface area contributed by atoms with E-state index in [1.165, 1.54) is 13.8 Å². The minimum atomic E-state index is -3.55. The topological polar surface area (TPSA) is 102 Å². The van der Waals surface area contributed by atoms with Crippen LogP contribution in [0.25, 0.3) is 0 Å². The van der Waals surface area contributed by atoms with Crippen molar-refractivity contribution in [2.24, 2.45) is 15.7 Å². The average molecular weight is 366 g/mol. The number of nitrogens with zero attached hydrogens (tertiary/aromatic N) is 2. The number of hydrogen-bond donors (Lipinski definition) is 3. The highest BCUT2D eigenvalue weighted by molar-refractivity contribution is 6.40. The highest BCUT2D eigenvalue weighted by Gasteiger charge is 2.37. The summed E-state index contributed by atoms with van der Waals surface area (Å²) >= 11 is 0. The Labute approximate surface area is 148 Å². The number of carbonyl (C=O) groups is 1. The zero-order valence-electron chi connectivity index (χ0n) is 15.8. The number of carboxylic acids is 1. The predicted octanol–water partition coefficient (Wildman–Crippen LogP) is 5.17. The molecule has 0 aromatic heterocycles. The molecule has 8 heteroatoms. The molecule has 0 aromatic rings. The minimum Gasteiger partial charge on any atom is -0.477 e. The number of carboxylic acid groups (broad SMARTS) is 1. The van der Waals surface area contributed by atoms with Crippen LogP contribution < -0.4 is 0 Å². The summed E-state index contributed by atoms with van der Waals surface area (Å²) in [5.74, 6) is -5.56. The Morgan fingerprint density at radius 3 is 1.52 bits per heavy atom. The van der Waals surface area contributed by atoms with Crippen LogP contribution in [0.3, 0.4) is 0 Å². The molecular formula is C17H32F2N2O4. The van der Waals surface area contributed by atoms with Gasteiger partial charge in [0.2, 0.25) is 0 Å². The predicted molar refractivity (Wildman–Crippen MR) is 94.1 cm³/mol. The summed E-state index contributed by atoms with van der Waals surface area (Å²) in [6, 6.07) is 0. The molecule has 0 spiro atoms. The summed E-state index contributed by atoms with van der Waals surface area (Å²) in [5, 5.41) is 29.9. The maximum absolute atomic E-state index is 12.7. The van der Waals surface area contributed by atoms with E-state index in [9.17, 15) is 13.6 Å². The SMILES string of the molecule is CC(=NO)C(C)=NO.CC(C)(C)CCCCCCCC(F)(F)C(=O)O. The molecule has 0 aliphatic heterocycles. The third-order valence-corrected chi connectivity index (χ3v) is 3.55. The minimum absolute atomic E-state index is 0.287. The van der Waals surface area contributed by atoms with Crippen molar-refractivity contribution in [2.45, 2.75) is 85.5 Å². The molecule has 0 aliphatic rings. The fraction of sp³-hybridized carbons (Fsp3) is 0.824. The Kier molecular flexibility index (Phi) is 12.9. The summed E-state index contributed by atoms with van der Waals surface area (Å²) in [4.78, 5) is 10.1. The molecule has 0 rings (SSSR count). The number of aliphatic carboxylic acids is 1. The van der Waals surface area contributed by atoms with Crippen LogP contribution in [-0.4, -0.2) is 38.8 Å². The quantitative estimate of drug-likeness (QED) is 0.227. The lowest BCUT2D eigenvalue weighted by Gasteiger charge is -2.17. The Hall–Kier alpha value is -1.73. The maximum Gasteiger partial charge on any atom is 0.374 e. The van der Waals surface area contributed by atoms with Crippen molar-refractivity contribution in [3.05, 3.63) is 0 Å². The van der Waals surface area contributed by atoms with Gasteiger partial charge in [-0.1, -0.05) is 56.8 Å². The second-order valence-corrected chi connectivity index (χ2v) is 7.21. The molecule has 0 saturated heterocycles. The molecular weight excluding hydrogens is 334 g/mol. The van der Waals surface area contributed by atoms with Crippen LogP contribution in [-0.2, 0) is 4.79 Å². The first-order valence-electron chi connectivity index (χ1n) is 8.36. The van der Waals surface area contributed by atoms with Gasteiger partial charge in [0.05, 0.1) is 0 Å². The van der Waals surface area contributed by atoms with Crippen LogP contribution in [0.1, 0.15) is 79.6 Å². The van der Waals surface area contributed by atoms with Gasteiger partial charge in [0.15, 0.2) is 0 Å². The van der Waals surface area contributed by atoms with Crippen molar-refractivity contribution in [3.63, 3.8) is 0 Å². The first-order chi connectivity index (χ1) is 11.4. The zero-order valence-corrected chi connectivity index (χ0v) is 15.8. The molecule has 0 saturated carbocycles. The summed E-state index contributed by atoms with van der Waals surface area (Å²) in [5.41, 5.74) is 0.955. The number of rotatable bonds is 9. The summed E-state index contributed by atoms with van der Waals surface area (Å²) in [6.07, 6.45) is 4.63. The van der Waals surface area contributed by atoms with E-state index in [1.54, 1.807) is 0 Å². The van der Waals surface area contributed by atoms with Gasteiger partial charge in [0.25, 0.3) is 0 Å². The van der Waals surface area contributed by atoms with Crippen molar-refractivity contribution < 1.29 is 29.1 Å². The van der Waals surface area contributed by atoms with Crippen LogP contribution >= 0.6 is 0 Å². The molecule has 0 aromatic carbocycles. The van der Waals surface area contributed by atoms with Gasteiger partial charge < -0.3 is 15.5 Å². The molecule has 6 nitrogen and oxygen atoms in total. The van der Waals surface area contributed by atoms with E-state index in [1.807, 2.05) is 0 Å². The molecule has 3 N–H and O–H groups in total. The summed E-state index contributed by atoms with van der Waals surface area (Å²) in [6.45, 7) is 9.62. The van der Waals surface area contributed by atoms with Gasteiger partial charge in [0, 0.05) is 6.42 Å². The lowest BCUT2D eigenvalue weighted by molar-refractivity contribution is -0.165. The van der Waals surface area contributed by atoms with E-state index < -0.39 is 18.3 Å². The molecule has 148 valence electrons. The van der Waals surface area contributed by atoms with E-state index in [0.717, 1.165) is 25.7 Å². The van der Waals surface area contributed by atoms with Gasteiger partial charge in [-0.2, -0.15) is 8.78 Å². The first kappa shape index (κ1) is 25.5. The third kappa shape index (κ3) is 15.5. The molecule has 0 heterocycles. The molecule has 0 bridgehead atoms. The van der Waals surface area contributed by atoms with Crippen LogP contribution in [0.4, 0.5) is 8.78 Å². The monoisotopic (exact) mass is 366 g/mol. The first-order valence-corrected chi connectivity index (χ1v) is 8.36. The fourth-order valence-electron chi connectivity index (χ4n) is 1.78. The molecule has 25 heavy (non-hydrogen) atoms. The van der Waals surface area contributed by atoms with Crippen LogP contribution in [0.15, 0.2) is 10.3 Å². The van der Waals surface area contributed by atoms with Gasteiger partial charge in [-0.05, 0) is 32.1 Å². The van der Waals surface area contributed by atoms with Gasteiger partial charge in [-0.3, -0.25) is 0 Å². The Balaban J connectivity index is 0. The normalized spacial score (nSPS) is 13.2. The molecule has 0 aliphatic carbocycles. The van der Waals surface area contributed by atoms with Gasteiger partial charge in [0.1, 0.15) is 11.4 Å². The zero-order chi connectivity index (χ0) is 20.1. The van der Waals surface area contributed by atoms with Crippen LogP contribution in [0.5, 0.6) is 0 Å². The van der Waals surface area contributed by atoms with Crippen LogP contribution in [0.2, 0.25) is 0 Å². The van der Waals surface area contributed by atoms with E-state index >= 15 is 0 Å². The number of oxime groups is 2. The number of alkyl halides is 2. The molecule has 0 amide bonds. The second kappa shape index (κ2) is 12.6. The van der Waals surface area contributed by atoms with E-state index in [4.69, 9.17) is 15.5 Å². The number of hydrogen-bond acceptors (Lipinski definition) is 5. The van der Waals surface area contributed by atoms with Gasteiger partial charge in [-0.25, -0.2) is 4.79 Å². The van der Waals surface area contributed by atoms with Crippen molar-refractivity contribution in [1.29, 1.82) is 0 Å². The van der Waals surface area contributed by atoms with Crippen molar-refractivity contribution in [2.75, 3.05) is 0 Å². The van der Waals surface area contributed by atoms with E-state index in [2.05, 4.69) is 31.1 Å². The number of halogens is 2.